The van der Waals surface area contributed by atoms with Crippen LogP contribution in [0.25, 0.3) is 5.69 Å². The van der Waals surface area contributed by atoms with Crippen molar-refractivity contribution in [2.24, 2.45) is 0 Å². The smallest absolute Gasteiger partial charge is 0.222 e. The number of hydrogen-bond acceptors (Lipinski definition) is 3. The number of para-hydroxylation sites is 1. The fraction of sp³-hybridized carbons (Fsp3) is 0.304. The van der Waals surface area contributed by atoms with Crippen LogP contribution in [-0.4, -0.2) is 39.8 Å². The Morgan fingerprint density at radius 3 is 2.60 bits per heavy atom. The fourth-order valence-electron chi connectivity index (χ4n) is 3.59. The first-order chi connectivity index (χ1) is 14.6. The van der Waals surface area contributed by atoms with Crippen molar-refractivity contribution in [3.63, 3.8) is 0 Å². The maximum absolute atomic E-state index is 13.7. The van der Waals surface area contributed by atoms with Gasteiger partial charge in [0.1, 0.15) is 11.9 Å². The Morgan fingerprint density at radius 1 is 1.10 bits per heavy atom. The summed E-state index contributed by atoms with van der Waals surface area (Å²) < 4.78 is 34.2. The zero-order valence-electron chi connectivity index (χ0n) is 16.5. The second-order valence-electron chi connectivity index (χ2n) is 7.40. The normalized spacial score (nSPS) is 14.7. The van der Waals surface area contributed by atoms with Crippen LogP contribution in [0.2, 0.25) is 0 Å². The molecular weight excluding hydrogens is 388 g/mol. The summed E-state index contributed by atoms with van der Waals surface area (Å²) in [6.07, 6.45) is 5.83. The highest BCUT2D eigenvalue weighted by atomic mass is 19.1. The molecule has 3 aromatic rings. The molecular formula is C23H23F2N3O2. The molecule has 0 spiro atoms. The number of benzene rings is 2. The van der Waals surface area contributed by atoms with Gasteiger partial charge in [-0.05, 0) is 36.2 Å². The quantitative estimate of drug-likeness (QED) is 0.612. The topological polar surface area (TPSA) is 47.4 Å². The first-order valence-corrected chi connectivity index (χ1v) is 10.1. The van der Waals surface area contributed by atoms with Crippen molar-refractivity contribution < 1.29 is 18.3 Å². The summed E-state index contributed by atoms with van der Waals surface area (Å²) in [6, 6.07) is 13.1. The van der Waals surface area contributed by atoms with Crippen LogP contribution in [-0.2, 0) is 11.2 Å². The number of aromatic nitrogens is 2. The number of carbonyl (C=O) groups excluding carboxylic acids is 1. The second kappa shape index (κ2) is 9.07. The highest BCUT2D eigenvalue weighted by molar-refractivity contribution is 5.76. The van der Waals surface area contributed by atoms with Crippen molar-refractivity contribution in [2.45, 2.75) is 31.8 Å². The largest absolute Gasteiger partial charge is 0.487 e. The van der Waals surface area contributed by atoms with E-state index in [2.05, 4.69) is 5.10 Å². The van der Waals surface area contributed by atoms with Gasteiger partial charge in [-0.2, -0.15) is 5.10 Å². The van der Waals surface area contributed by atoms with Crippen molar-refractivity contribution in [1.29, 1.82) is 0 Å². The minimum absolute atomic E-state index is 0.0524. The molecule has 0 atom stereocenters. The van der Waals surface area contributed by atoms with Crippen LogP contribution in [0.3, 0.4) is 0 Å². The average molecular weight is 411 g/mol. The van der Waals surface area contributed by atoms with E-state index < -0.39 is 11.6 Å². The molecule has 30 heavy (non-hydrogen) atoms. The van der Waals surface area contributed by atoms with E-state index in [-0.39, 0.29) is 17.8 Å². The van der Waals surface area contributed by atoms with Gasteiger partial charge < -0.3 is 9.64 Å². The van der Waals surface area contributed by atoms with E-state index in [1.807, 2.05) is 41.4 Å². The van der Waals surface area contributed by atoms with Crippen LogP contribution in [0.4, 0.5) is 8.78 Å². The Labute approximate surface area is 173 Å². The van der Waals surface area contributed by atoms with Crippen molar-refractivity contribution in [3.05, 3.63) is 78.1 Å². The molecule has 1 aliphatic heterocycles. The van der Waals surface area contributed by atoms with Gasteiger partial charge in [-0.1, -0.05) is 18.2 Å². The molecule has 1 amide bonds. The van der Waals surface area contributed by atoms with E-state index >= 15 is 0 Å². The monoisotopic (exact) mass is 411 g/mol. The van der Waals surface area contributed by atoms with E-state index in [0.717, 1.165) is 17.3 Å². The number of piperidine rings is 1. The highest BCUT2D eigenvalue weighted by Crippen LogP contribution is 2.23. The number of halogens is 2. The van der Waals surface area contributed by atoms with Gasteiger partial charge in [0.15, 0.2) is 11.6 Å². The molecule has 2 heterocycles. The molecule has 7 heteroatoms. The van der Waals surface area contributed by atoms with Gasteiger partial charge in [0.2, 0.25) is 5.91 Å². The summed E-state index contributed by atoms with van der Waals surface area (Å²) in [5.41, 5.74) is 1.99. The summed E-state index contributed by atoms with van der Waals surface area (Å²) in [4.78, 5) is 14.4. The Morgan fingerprint density at radius 2 is 1.87 bits per heavy atom. The fourth-order valence-corrected chi connectivity index (χ4v) is 3.59. The Bertz CT molecular complexity index is 999. The Kier molecular flexibility index (Phi) is 6.07. The first kappa shape index (κ1) is 20.1. The summed E-state index contributed by atoms with van der Waals surface area (Å²) in [7, 11) is 0. The van der Waals surface area contributed by atoms with Gasteiger partial charge in [0.25, 0.3) is 0 Å². The van der Waals surface area contributed by atoms with Crippen molar-refractivity contribution in [1.82, 2.24) is 14.7 Å². The zero-order chi connectivity index (χ0) is 20.9. The zero-order valence-corrected chi connectivity index (χ0v) is 16.5. The molecule has 0 bridgehead atoms. The molecule has 2 aromatic carbocycles. The minimum Gasteiger partial charge on any atom is -0.487 e. The van der Waals surface area contributed by atoms with Crippen LogP contribution < -0.4 is 4.74 Å². The maximum atomic E-state index is 13.7. The molecule has 0 N–H and O–H groups in total. The van der Waals surface area contributed by atoms with Crippen LogP contribution in [0.15, 0.2) is 60.9 Å². The van der Waals surface area contributed by atoms with E-state index in [4.69, 9.17) is 4.74 Å². The first-order valence-electron chi connectivity index (χ1n) is 10.1. The van der Waals surface area contributed by atoms with Crippen molar-refractivity contribution in [3.8, 4) is 11.4 Å². The lowest BCUT2D eigenvalue weighted by Crippen LogP contribution is -2.41. The number of hydrogen-bond donors (Lipinski definition) is 0. The molecule has 0 aliphatic carbocycles. The third-order valence-electron chi connectivity index (χ3n) is 5.27. The van der Waals surface area contributed by atoms with Crippen LogP contribution in [0, 0.1) is 11.6 Å². The number of likely N-dealkylation sites (tertiary alicyclic amines) is 1. The molecule has 1 fully saturated rings. The average Bonchev–Trinajstić information content (AvgIpc) is 3.24. The molecule has 0 radical (unpaired) electrons. The van der Waals surface area contributed by atoms with Crippen molar-refractivity contribution >= 4 is 5.91 Å². The Balaban J connectivity index is 1.24. The number of rotatable bonds is 6. The van der Waals surface area contributed by atoms with E-state index in [1.54, 1.807) is 10.9 Å². The molecule has 5 nitrogen and oxygen atoms in total. The predicted octanol–water partition coefficient (Wildman–Crippen LogP) is 4.15. The SMILES string of the molecule is O=C(CCc1cnn(-c2ccccc2)c1)N1CCC(Oc2ccc(F)cc2F)CC1. The van der Waals surface area contributed by atoms with Gasteiger partial charge in [-0.25, -0.2) is 13.5 Å². The van der Waals surface area contributed by atoms with Crippen LogP contribution in [0.1, 0.15) is 24.8 Å². The number of ether oxygens (including phenoxy) is 1. The molecule has 0 saturated carbocycles. The van der Waals surface area contributed by atoms with Crippen LogP contribution in [0.5, 0.6) is 5.75 Å². The lowest BCUT2D eigenvalue weighted by atomic mass is 10.1. The highest BCUT2D eigenvalue weighted by Gasteiger charge is 2.24. The molecule has 1 saturated heterocycles. The minimum atomic E-state index is -0.704. The predicted molar refractivity (Wildman–Crippen MR) is 108 cm³/mol. The lowest BCUT2D eigenvalue weighted by Gasteiger charge is -2.32. The maximum Gasteiger partial charge on any atom is 0.222 e. The number of carbonyl (C=O) groups is 1. The lowest BCUT2D eigenvalue weighted by molar-refractivity contribution is -0.132. The number of amides is 1. The molecule has 156 valence electrons. The number of nitrogens with zero attached hydrogens (tertiary/aromatic N) is 3. The van der Waals surface area contributed by atoms with Gasteiger partial charge in [-0.15, -0.1) is 0 Å². The summed E-state index contributed by atoms with van der Waals surface area (Å²) in [6.45, 7) is 1.13. The standard InChI is InChI=1S/C23H23F2N3O2/c24-18-7-8-22(21(25)14-18)30-20-10-12-27(13-11-20)23(29)9-6-17-15-26-28(16-17)19-4-2-1-3-5-19/h1-5,7-8,14-16,20H,6,9-13H2. The number of aryl methyl sites for hydroxylation is 1. The Hall–Kier alpha value is -3.22. The summed E-state index contributed by atoms with van der Waals surface area (Å²) in [5.74, 6) is -1.19. The summed E-state index contributed by atoms with van der Waals surface area (Å²) >= 11 is 0. The van der Waals surface area contributed by atoms with Gasteiger partial charge in [0, 0.05) is 44.6 Å². The second-order valence-corrected chi connectivity index (χ2v) is 7.40. The van der Waals surface area contributed by atoms with Gasteiger partial charge >= 0.3 is 0 Å². The molecule has 1 aromatic heterocycles. The van der Waals surface area contributed by atoms with E-state index in [0.29, 0.717) is 38.8 Å². The van der Waals surface area contributed by atoms with Crippen molar-refractivity contribution in [2.75, 3.05) is 13.1 Å². The third kappa shape index (κ3) is 4.84. The van der Waals surface area contributed by atoms with Gasteiger partial charge in [0.05, 0.1) is 11.9 Å². The third-order valence-corrected chi connectivity index (χ3v) is 5.27. The van der Waals surface area contributed by atoms with Crippen LogP contribution >= 0.6 is 0 Å². The molecule has 0 unspecified atom stereocenters. The van der Waals surface area contributed by atoms with Gasteiger partial charge in [-0.3, -0.25) is 4.79 Å². The molecule has 1 aliphatic rings. The molecule has 4 rings (SSSR count). The van der Waals surface area contributed by atoms with E-state index in [1.165, 1.54) is 12.1 Å². The van der Waals surface area contributed by atoms with E-state index in [9.17, 15) is 13.6 Å². The summed E-state index contributed by atoms with van der Waals surface area (Å²) in [5, 5.41) is 4.36.